The van der Waals surface area contributed by atoms with Gasteiger partial charge in [0, 0.05) is 17.4 Å². The Morgan fingerprint density at radius 1 is 1.39 bits per heavy atom. The maximum atomic E-state index is 14.1. The standard InChI is InChI=1S/C24H37BrN2O6/c1-7-9-26(14(5)6)22(30)20-24-11-16(25)19(33-24)17(23(31)32-8-2)18(24)21(29)27(20)15(12-28)10-13(3)4/h7,13-20,28H,1,8-12H2,2-6H3/t15-,16?,17-,18+,19-,20-,24+/m1/s1. The first-order chi connectivity index (χ1) is 15.5. The van der Waals surface area contributed by atoms with Crippen LogP contribution in [0.15, 0.2) is 12.7 Å². The quantitative estimate of drug-likeness (QED) is 0.265. The van der Waals surface area contributed by atoms with E-state index in [1.807, 2.05) is 27.7 Å². The van der Waals surface area contributed by atoms with Crippen LogP contribution in [0.4, 0.5) is 0 Å². The number of hydrogen-bond donors (Lipinski definition) is 1. The van der Waals surface area contributed by atoms with Gasteiger partial charge in [0.1, 0.15) is 11.6 Å². The second-order valence-corrected chi connectivity index (χ2v) is 11.2. The number of ether oxygens (including phenoxy) is 2. The summed E-state index contributed by atoms with van der Waals surface area (Å²) in [6.45, 7) is 13.6. The summed E-state index contributed by atoms with van der Waals surface area (Å²) in [5.74, 6) is -2.44. The highest BCUT2D eigenvalue weighted by atomic mass is 79.9. The summed E-state index contributed by atoms with van der Waals surface area (Å²) < 4.78 is 11.8. The molecule has 8 nitrogen and oxygen atoms in total. The van der Waals surface area contributed by atoms with Gasteiger partial charge < -0.3 is 24.4 Å². The van der Waals surface area contributed by atoms with Crippen molar-refractivity contribution >= 4 is 33.7 Å². The van der Waals surface area contributed by atoms with Crippen LogP contribution in [0, 0.1) is 17.8 Å². The molecule has 0 saturated carbocycles. The Kier molecular flexibility index (Phi) is 7.96. The van der Waals surface area contributed by atoms with Crippen molar-refractivity contribution < 1.29 is 29.0 Å². The van der Waals surface area contributed by atoms with Crippen molar-refractivity contribution in [3.63, 3.8) is 0 Å². The largest absolute Gasteiger partial charge is 0.466 e. The molecule has 2 amide bonds. The molecule has 1 unspecified atom stereocenters. The Labute approximate surface area is 204 Å². The topological polar surface area (TPSA) is 96.4 Å². The number of nitrogens with zero attached hydrogens (tertiary/aromatic N) is 2. The van der Waals surface area contributed by atoms with Gasteiger partial charge >= 0.3 is 5.97 Å². The highest BCUT2D eigenvalue weighted by Gasteiger charge is 2.77. The molecule has 33 heavy (non-hydrogen) atoms. The Morgan fingerprint density at radius 3 is 2.58 bits per heavy atom. The molecule has 1 spiro atoms. The number of alkyl halides is 1. The fraction of sp³-hybridized carbons (Fsp3) is 0.792. The minimum Gasteiger partial charge on any atom is -0.466 e. The number of amides is 2. The van der Waals surface area contributed by atoms with Gasteiger partial charge in [-0.25, -0.2) is 0 Å². The van der Waals surface area contributed by atoms with Crippen LogP contribution in [0.1, 0.15) is 47.5 Å². The number of carbonyl (C=O) groups is 3. The zero-order valence-corrected chi connectivity index (χ0v) is 21.8. The van der Waals surface area contributed by atoms with Crippen molar-refractivity contribution in [3.05, 3.63) is 12.7 Å². The predicted octanol–water partition coefficient (Wildman–Crippen LogP) is 2.13. The fourth-order valence-electron chi connectivity index (χ4n) is 5.92. The van der Waals surface area contributed by atoms with Crippen LogP contribution in [0.25, 0.3) is 0 Å². The Bertz CT molecular complexity index is 789. The third-order valence-corrected chi connectivity index (χ3v) is 7.94. The SMILES string of the molecule is C=CCN(C(=O)[C@H]1N([C@@H](CO)CC(C)C)C(=O)[C@@H]2[C@@H](C(=O)OCC)[C@@H]3O[C@@]21CC3Br)C(C)C. The van der Waals surface area contributed by atoms with Crippen molar-refractivity contribution in [3.8, 4) is 0 Å². The minimum absolute atomic E-state index is 0.125. The average molecular weight is 529 g/mol. The number of halogens is 1. The van der Waals surface area contributed by atoms with E-state index in [-0.39, 0.29) is 41.8 Å². The monoisotopic (exact) mass is 528 g/mol. The number of esters is 1. The zero-order valence-electron chi connectivity index (χ0n) is 20.2. The number of aliphatic hydroxyl groups excluding tert-OH is 1. The van der Waals surface area contributed by atoms with Crippen LogP contribution in [-0.2, 0) is 23.9 Å². The summed E-state index contributed by atoms with van der Waals surface area (Å²) >= 11 is 3.64. The highest BCUT2D eigenvalue weighted by Crippen LogP contribution is 2.60. The van der Waals surface area contributed by atoms with Crippen molar-refractivity contribution in [2.45, 2.75) is 82.1 Å². The van der Waals surface area contributed by atoms with Gasteiger partial charge in [0.25, 0.3) is 0 Å². The number of fused-ring (bicyclic) bond motifs is 1. The molecular formula is C24H37BrN2O6. The van der Waals surface area contributed by atoms with Gasteiger partial charge in [-0.1, -0.05) is 35.9 Å². The minimum atomic E-state index is -1.15. The lowest BCUT2D eigenvalue weighted by atomic mass is 9.70. The maximum absolute atomic E-state index is 14.1. The summed E-state index contributed by atoms with van der Waals surface area (Å²) in [6, 6.07) is -1.61. The highest BCUT2D eigenvalue weighted by molar-refractivity contribution is 9.09. The third-order valence-electron chi connectivity index (χ3n) is 7.10. The lowest BCUT2D eigenvalue weighted by molar-refractivity contribution is -0.156. The van der Waals surface area contributed by atoms with E-state index in [2.05, 4.69) is 22.5 Å². The molecule has 3 aliphatic rings. The van der Waals surface area contributed by atoms with E-state index in [1.54, 1.807) is 17.9 Å². The van der Waals surface area contributed by atoms with Crippen LogP contribution in [0.3, 0.4) is 0 Å². The molecule has 3 fully saturated rings. The van der Waals surface area contributed by atoms with Crippen molar-refractivity contribution in [2.24, 2.45) is 17.8 Å². The molecule has 3 heterocycles. The normalized spacial score (nSPS) is 33.5. The molecular weight excluding hydrogens is 492 g/mol. The number of likely N-dealkylation sites (tertiary alicyclic amines) is 1. The first-order valence-electron chi connectivity index (χ1n) is 11.9. The molecule has 3 rings (SSSR count). The maximum Gasteiger partial charge on any atom is 0.312 e. The number of rotatable bonds is 10. The summed E-state index contributed by atoms with van der Waals surface area (Å²) in [4.78, 5) is 44.0. The molecule has 0 aromatic rings. The molecule has 1 N–H and O–H groups in total. The van der Waals surface area contributed by atoms with Gasteiger partial charge in [0.05, 0.1) is 37.2 Å². The Hall–Kier alpha value is -1.45. The first-order valence-corrected chi connectivity index (χ1v) is 12.8. The molecule has 3 saturated heterocycles. The van der Waals surface area contributed by atoms with Gasteiger partial charge in [-0.2, -0.15) is 0 Å². The van der Waals surface area contributed by atoms with Crippen LogP contribution >= 0.6 is 15.9 Å². The van der Waals surface area contributed by atoms with Gasteiger partial charge in [-0.15, -0.1) is 6.58 Å². The predicted molar refractivity (Wildman–Crippen MR) is 127 cm³/mol. The second kappa shape index (κ2) is 10.0. The molecule has 0 aromatic carbocycles. The molecule has 3 aliphatic heterocycles. The molecule has 2 bridgehead atoms. The second-order valence-electron chi connectivity index (χ2n) is 10.0. The molecule has 0 aliphatic carbocycles. The van der Waals surface area contributed by atoms with E-state index in [1.165, 1.54) is 4.90 Å². The van der Waals surface area contributed by atoms with E-state index in [0.29, 0.717) is 19.4 Å². The average Bonchev–Trinajstić information content (AvgIpc) is 3.33. The Morgan fingerprint density at radius 2 is 2.06 bits per heavy atom. The molecule has 0 radical (unpaired) electrons. The van der Waals surface area contributed by atoms with E-state index >= 15 is 0 Å². The van der Waals surface area contributed by atoms with E-state index < -0.39 is 41.6 Å². The molecule has 0 aromatic heterocycles. The van der Waals surface area contributed by atoms with Crippen LogP contribution in [-0.4, -0.2) is 87.1 Å². The van der Waals surface area contributed by atoms with Crippen molar-refractivity contribution in [1.82, 2.24) is 9.80 Å². The zero-order chi connectivity index (χ0) is 24.7. The van der Waals surface area contributed by atoms with Crippen molar-refractivity contribution in [1.29, 1.82) is 0 Å². The fourth-order valence-corrected chi connectivity index (χ4v) is 6.86. The smallest absolute Gasteiger partial charge is 0.312 e. The van der Waals surface area contributed by atoms with Crippen molar-refractivity contribution in [2.75, 3.05) is 19.8 Å². The van der Waals surface area contributed by atoms with Crippen LogP contribution < -0.4 is 0 Å². The number of hydrogen-bond acceptors (Lipinski definition) is 6. The van der Waals surface area contributed by atoms with Gasteiger partial charge in [-0.05, 0) is 39.5 Å². The number of aliphatic hydroxyl groups is 1. The van der Waals surface area contributed by atoms with Gasteiger partial charge in [-0.3, -0.25) is 14.4 Å². The first kappa shape index (κ1) is 26.2. The lowest BCUT2D eigenvalue weighted by Gasteiger charge is -2.40. The summed E-state index contributed by atoms with van der Waals surface area (Å²) in [7, 11) is 0. The molecule has 186 valence electrons. The van der Waals surface area contributed by atoms with E-state index in [4.69, 9.17) is 9.47 Å². The molecule has 7 atom stereocenters. The molecule has 9 heteroatoms. The van der Waals surface area contributed by atoms with Crippen LogP contribution in [0.5, 0.6) is 0 Å². The van der Waals surface area contributed by atoms with Gasteiger partial charge in [0.15, 0.2) is 0 Å². The third kappa shape index (κ3) is 4.25. The summed E-state index contributed by atoms with van der Waals surface area (Å²) in [6.07, 6.45) is 2.08. The van der Waals surface area contributed by atoms with Gasteiger partial charge in [0.2, 0.25) is 11.8 Å². The van der Waals surface area contributed by atoms with E-state index in [9.17, 15) is 19.5 Å². The van der Waals surface area contributed by atoms with E-state index in [0.717, 1.165) is 0 Å². The summed E-state index contributed by atoms with van der Waals surface area (Å²) in [5.41, 5.74) is -1.15. The lowest BCUT2D eigenvalue weighted by Crippen LogP contribution is -2.60. The van der Waals surface area contributed by atoms with Crippen LogP contribution in [0.2, 0.25) is 0 Å². The summed E-state index contributed by atoms with van der Waals surface area (Å²) in [5, 5.41) is 10.3. The Balaban J connectivity index is 2.14. The number of carbonyl (C=O) groups excluding carboxylic acids is 3.